The number of nitrogens with zero attached hydrogens (tertiary/aromatic N) is 1. The summed E-state index contributed by atoms with van der Waals surface area (Å²) in [5.74, 6) is 1.81. The molecule has 1 aliphatic carbocycles. The minimum atomic E-state index is -0.546. The molecule has 210 valence electrons. The van der Waals surface area contributed by atoms with Gasteiger partial charge in [-0.05, 0) is 64.2 Å². The molecule has 10 rings (SSSR count). The number of hydrogen-bond acceptors (Lipinski definition) is 1. The maximum Gasteiger partial charge on any atom is 0.132 e. The molecule has 2 heterocycles. The zero-order valence-corrected chi connectivity index (χ0v) is 24.4. The smallest absolute Gasteiger partial charge is 0.132 e. The molecule has 0 bridgehead atoms. The molecule has 2 heteroatoms. The highest BCUT2D eigenvalue weighted by Crippen LogP contribution is 2.63. The predicted octanol–water partition coefficient (Wildman–Crippen LogP) is 10.9. The summed E-state index contributed by atoms with van der Waals surface area (Å²) in [6.45, 7) is 0. The first-order valence-corrected chi connectivity index (χ1v) is 15.5. The molecule has 0 atom stereocenters. The Bertz CT molecular complexity index is 2420. The summed E-state index contributed by atoms with van der Waals surface area (Å²) in [6, 6.07) is 59.4. The van der Waals surface area contributed by atoms with Gasteiger partial charge in [0.25, 0.3) is 0 Å². The zero-order valence-electron chi connectivity index (χ0n) is 24.4. The van der Waals surface area contributed by atoms with Gasteiger partial charge in [0.2, 0.25) is 0 Å². The number of hydrogen-bond donors (Lipinski definition) is 0. The van der Waals surface area contributed by atoms with E-state index in [0.29, 0.717) is 0 Å². The normalized spacial score (nSPS) is 13.7. The average Bonchev–Trinajstić information content (AvgIpc) is 3.60. The van der Waals surface area contributed by atoms with E-state index in [1.165, 1.54) is 72.0 Å². The van der Waals surface area contributed by atoms with Gasteiger partial charge in [0.15, 0.2) is 0 Å². The van der Waals surface area contributed by atoms with E-state index >= 15 is 0 Å². The van der Waals surface area contributed by atoms with Crippen molar-refractivity contribution in [1.82, 2.24) is 4.57 Å². The molecule has 2 nitrogen and oxygen atoms in total. The lowest BCUT2D eigenvalue weighted by atomic mass is 9.65. The molecule has 8 aromatic rings. The minimum Gasteiger partial charge on any atom is -0.457 e. The van der Waals surface area contributed by atoms with Crippen LogP contribution in [0.4, 0.5) is 0 Å². The van der Waals surface area contributed by atoms with Crippen LogP contribution in [0.25, 0.3) is 49.7 Å². The van der Waals surface area contributed by atoms with E-state index in [4.69, 9.17) is 4.74 Å². The molecule has 0 radical (unpaired) electrons. The molecule has 1 spiro atoms. The monoisotopic (exact) mass is 573 g/mol. The van der Waals surface area contributed by atoms with Gasteiger partial charge in [-0.25, -0.2) is 0 Å². The number of benzene rings is 7. The second kappa shape index (κ2) is 9.07. The summed E-state index contributed by atoms with van der Waals surface area (Å²) in [5, 5.41) is 2.50. The van der Waals surface area contributed by atoms with Crippen LogP contribution in [0.5, 0.6) is 11.5 Å². The van der Waals surface area contributed by atoms with Gasteiger partial charge in [-0.3, -0.25) is 0 Å². The predicted molar refractivity (Wildman–Crippen MR) is 184 cm³/mol. The van der Waals surface area contributed by atoms with Gasteiger partial charge < -0.3 is 9.30 Å². The van der Waals surface area contributed by atoms with Crippen molar-refractivity contribution in [3.63, 3.8) is 0 Å². The van der Waals surface area contributed by atoms with Crippen molar-refractivity contribution < 1.29 is 4.74 Å². The summed E-state index contributed by atoms with van der Waals surface area (Å²) in [4.78, 5) is 0. The quantitative estimate of drug-likeness (QED) is 0.201. The third kappa shape index (κ3) is 3.18. The van der Waals surface area contributed by atoms with Crippen LogP contribution >= 0.6 is 0 Å². The van der Waals surface area contributed by atoms with E-state index in [2.05, 4.69) is 168 Å². The molecule has 1 aromatic heterocycles. The number of para-hydroxylation sites is 3. The van der Waals surface area contributed by atoms with Crippen molar-refractivity contribution in [3.05, 3.63) is 186 Å². The van der Waals surface area contributed by atoms with Crippen molar-refractivity contribution in [3.8, 4) is 39.4 Å². The Morgan fingerprint density at radius 2 is 1.04 bits per heavy atom. The number of rotatable bonds is 2. The van der Waals surface area contributed by atoms with Crippen LogP contribution in [0.3, 0.4) is 0 Å². The van der Waals surface area contributed by atoms with E-state index in [-0.39, 0.29) is 0 Å². The van der Waals surface area contributed by atoms with Crippen molar-refractivity contribution in [2.75, 3.05) is 0 Å². The topological polar surface area (TPSA) is 14.2 Å². The molecule has 0 N–H and O–H groups in total. The van der Waals surface area contributed by atoms with Crippen LogP contribution in [-0.2, 0) is 5.41 Å². The standard InChI is InChI=1S/C43H27NO/c1-2-13-28(14-3-1)29-25-26-38-33(27-29)31-16-5-9-21-37(31)44(38)39-22-12-17-32-30-15-4-6-18-34(30)43(42(32)39)35-19-7-10-23-40(35)45-41-24-11-8-20-36(41)43/h1-27H. The fourth-order valence-electron chi connectivity index (χ4n) is 8.12. The first kappa shape index (κ1) is 24.6. The lowest BCUT2D eigenvalue weighted by Crippen LogP contribution is -2.33. The zero-order chi connectivity index (χ0) is 29.5. The number of fused-ring (bicyclic) bond motifs is 12. The van der Waals surface area contributed by atoms with Gasteiger partial charge in [0.05, 0.1) is 22.1 Å². The fourth-order valence-corrected chi connectivity index (χ4v) is 8.12. The Balaban J connectivity index is 1.36. The average molecular weight is 574 g/mol. The maximum atomic E-state index is 6.61. The molecule has 0 saturated carbocycles. The minimum absolute atomic E-state index is 0.546. The van der Waals surface area contributed by atoms with Gasteiger partial charge >= 0.3 is 0 Å². The SMILES string of the molecule is c1ccc(-c2ccc3c(c2)c2ccccc2n3-c2cccc3c2C2(c4ccccc4Oc4ccccc42)c2ccccc2-3)cc1. The molecule has 0 unspecified atom stereocenters. The summed E-state index contributed by atoms with van der Waals surface area (Å²) in [7, 11) is 0. The first-order chi connectivity index (χ1) is 22.3. The van der Waals surface area contributed by atoms with Gasteiger partial charge in [0, 0.05) is 27.5 Å². The van der Waals surface area contributed by atoms with Crippen LogP contribution < -0.4 is 4.74 Å². The van der Waals surface area contributed by atoms with Crippen LogP contribution in [-0.4, -0.2) is 4.57 Å². The Kier molecular flexibility index (Phi) is 4.95. The fraction of sp³-hybridized carbons (Fsp3) is 0.0233. The Morgan fingerprint density at radius 1 is 0.422 bits per heavy atom. The highest BCUT2D eigenvalue weighted by Gasteiger charge is 2.52. The van der Waals surface area contributed by atoms with E-state index in [1.807, 2.05) is 0 Å². The second-order valence-corrected chi connectivity index (χ2v) is 12.0. The van der Waals surface area contributed by atoms with Gasteiger partial charge in [-0.1, -0.05) is 127 Å². The molecule has 1 aliphatic heterocycles. The third-order valence-electron chi connectivity index (χ3n) is 9.86. The van der Waals surface area contributed by atoms with Crippen molar-refractivity contribution in [2.24, 2.45) is 0 Å². The number of ether oxygens (including phenoxy) is 1. The highest BCUT2D eigenvalue weighted by molar-refractivity contribution is 6.11. The lowest BCUT2D eigenvalue weighted by molar-refractivity contribution is 0.436. The van der Waals surface area contributed by atoms with Gasteiger partial charge in [0.1, 0.15) is 11.5 Å². The van der Waals surface area contributed by atoms with Crippen molar-refractivity contribution in [2.45, 2.75) is 5.41 Å². The molecule has 45 heavy (non-hydrogen) atoms. The Labute approximate surface area is 261 Å². The molecule has 2 aliphatic rings. The molecule has 0 fully saturated rings. The Hall–Kier alpha value is -5.86. The largest absolute Gasteiger partial charge is 0.457 e. The number of aromatic nitrogens is 1. The van der Waals surface area contributed by atoms with Gasteiger partial charge in [-0.2, -0.15) is 0 Å². The van der Waals surface area contributed by atoms with Crippen LogP contribution in [0.2, 0.25) is 0 Å². The third-order valence-corrected chi connectivity index (χ3v) is 9.86. The van der Waals surface area contributed by atoms with E-state index in [0.717, 1.165) is 11.5 Å². The molecule has 0 saturated heterocycles. The van der Waals surface area contributed by atoms with Crippen LogP contribution in [0.15, 0.2) is 164 Å². The van der Waals surface area contributed by atoms with Crippen molar-refractivity contribution in [1.29, 1.82) is 0 Å². The van der Waals surface area contributed by atoms with Gasteiger partial charge in [-0.15, -0.1) is 0 Å². The summed E-state index contributed by atoms with van der Waals surface area (Å²) >= 11 is 0. The van der Waals surface area contributed by atoms with Crippen LogP contribution in [0.1, 0.15) is 22.3 Å². The second-order valence-electron chi connectivity index (χ2n) is 12.0. The summed E-state index contributed by atoms with van der Waals surface area (Å²) < 4.78 is 9.11. The molecule has 0 amide bonds. The highest BCUT2D eigenvalue weighted by atomic mass is 16.5. The van der Waals surface area contributed by atoms with Crippen molar-refractivity contribution >= 4 is 21.8 Å². The molecule has 7 aromatic carbocycles. The van der Waals surface area contributed by atoms with E-state index in [1.54, 1.807) is 0 Å². The van der Waals surface area contributed by atoms with E-state index in [9.17, 15) is 0 Å². The summed E-state index contributed by atoms with van der Waals surface area (Å²) in [5.41, 5.74) is 13.0. The lowest BCUT2D eigenvalue weighted by Gasteiger charge is -2.40. The first-order valence-electron chi connectivity index (χ1n) is 15.5. The van der Waals surface area contributed by atoms with E-state index < -0.39 is 5.41 Å². The molecular weight excluding hydrogens is 546 g/mol. The van der Waals surface area contributed by atoms with Crippen LogP contribution in [0, 0.1) is 0 Å². The Morgan fingerprint density at radius 3 is 1.84 bits per heavy atom. The molecular formula is C43H27NO. The maximum absolute atomic E-state index is 6.61. The summed E-state index contributed by atoms with van der Waals surface area (Å²) in [6.07, 6.45) is 0.